The molecule has 1 heterocycles. The highest BCUT2D eigenvalue weighted by Gasteiger charge is 2.40. The summed E-state index contributed by atoms with van der Waals surface area (Å²) in [5.74, 6) is 0.466. The minimum Gasteiger partial charge on any atom is -0.315 e. The quantitative estimate of drug-likeness (QED) is 0.672. The molecule has 0 aliphatic carbocycles. The molecule has 2 nitrogen and oxygen atoms in total. The zero-order valence-electron chi connectivity index (χ0n) is 15.5. The van der Waals surface area contributed by atoms with Gasteiger partial charge in [0.15, 0.2) is 5.78 Å². The summed E-state index contributed by atoms with van der Waals surface area (Å²) in [4.78, 5) is 13.3. The molecule has 1 aromatic carbocycles. The Hall–Kier alpha value is -1.15. The van der Waals surface area contributed by atoms with Gasteiger partial charge < -0.3 is 4.48 Å². The van der Waals surface area contributed by atoms with Gasteiger partial charge in [0, 0.05) is 12.8 Å². The van der Waals surface area contributed by atoms with E-state index in [1.807, 2.05) is 0 Å². The van der Waals surface area contributed by atoms with E-state index in [0.29, 0.717) is 12.2 Å². The fourth-order valence-corrected chi connectivity index (χ4v) is 4.42. The van der Waals surface area contributed by atoms with Crippen LogP contribution in [0.15, 0.2) is 18.2 Å². The van der Waals surface area contributed by atoms with E-state index >= 15 is 0 Å². The molecule has 0 saturated carbocycles. The van der Waals surface area contributed by atoms with Crippen molar-refractivity contribution in [1.29, 1.82) is 0 Å². The molecule has 1 atom stereocenters. The summed E-state index contributed by atoms with van der Waals surface area (Å²) in [6, 6.07) is 6.56. The van der Waals surface area contributed by atoms with Crippen LogP contribution in [0.25, 0.3) is 0 Å². The first-order valence-corrected chi connectivity index (χ1v) is 9.47. The molecule has 1 fully saturated rings. The number of nitrogens with zero attached hydrogens (tertiary/aromatic N) is 1. The summed E-state index contributed by atoms with van der Waals surface area (Å²) in [6.07, 6.45) is 6.66. The number of benzene rings is 1. The normalized spacial score (nSPS) is 18.6. The molecule has 0 amide bonds. The molecule has 1 aromatic rings. The van der Waals surface area contributed by atoms with Crippen LogP contribution in [0.3, 0.4) is 0 Å². The van der Waals surface area contributed by atoms with Crippen LogP contribution in [0, 0.1) is 13.8 Å². The maximum Gasteiger partial charge on any atom is 0.194 e. The second kappa shape index (κ2) is 8.10. The Labute approximate surface area is 142 Å². The Morgan fingerprint density at radius 1 is 1.09 bits per heavy atom. The van der Waals surface area contributed by atoms with Crippen molar-refractivity contribution in [2.45, 2.75) is 72.3 Å². The second-order valence-corrected chi connectivity index (χ2v) is 7.36. The van der Waals surface area contributed by atoms with Crippen molar-refractivity contribution in [1.82, 2.24) is 0 Å². The molecule has 1 aliphatic heterocycles. The summed E-state index contributed by atoms with van der Waals surface area (Å²) < 4.78 is 1.04. The highest BCUT2D eigenvalue weighted by atomic mass is 16.1. The summed E-state index contributed by atoms with van der Waals surface area (Å²) in [5.41, 5.74) is 3.77. The standard InChI is InChI=1S/C21H34NO/c1-5-11-20(22(6-2)14-8-7-9-15-22)21(23)16-19-17(3)12-10-13-18(19)4/h10,12-13,20H,5-9,11,14-16H2,1-4H3/q+1. The number of rotatable bonds is 7. The Bertz CT molecular complexity index is 508. The third kappa shape index (κ3) is 4.03. The van der Waals surface area contributed by atoms with E-state index in [1.54, 1.807) is 0 Å². The number of ketones is 1. The largest absolute Gasteiger partial charge is 0.315 e. The maximum atomic E-state index is 13.3. The third-order valence-electron chi connectivity index (χ3n) is 5.93. The van der Waals surface area contributed by atoms with E-state index in [0.717, 1.165) is 23.9 Å². The smallest absolute Gasteiger partial charge is 0.194 e. The van der Waals surface area contributed by atoms with Crippen molar-refractivity contribution < 1.29 is 9.28 Å². The summed E-state index contributed by atoms with van der Waals surface area (Å²) in [5, 5.41) is 0. The molecule has 23 heavy (non-hydrogen) atoms. The van der Waals surface area contributed by atoms with Gasteiger partial charge in [-0.1, -0.05) is 31.5 Å². The maximum absolute atomic E-state index is 13.3. The molecule has 2 rings (SSSR count). The van der Waals surface area contributed by atoms with Crippen molar-refractivity contribution in [3.05, 3.63) is 34.9 Å². The van der Waals surface area contributed by atoms with E-state index in [-0.39, 0.29) is 6.04 Å². The molecule has 1 saturated heterocycles. The molecular formula is C21H34NO+. The van der Waals surface area contributed by atoms with Gasteiger partial charge in [-0.2, -0.15) is 0 Å². The molecule has 1 aliphatic rings. The monoisotopic (exact) mass is 316 g/mol. The van der Waals surface area contributed by atoms with Crippen LogP contribution < -0.4 is 0 Å². The van der Waals surface area contributed by atoms with Gasteiger partial charge in [-0.3, -0.25) is 4.79 Å². The van der Waals surface area contributed by atoms with Crippen molar-refractivity contribution in [3.63, 3.8) is 0 Å². The van der Waals surface area contributed by atoms with Gasteiger partial charge in [-0.15, -0.1) is 0 Å². The SMILES string of the molecule is CCCC(C(=O)Cc1c(C)cccc1C)[N+]1(CC)CCCCC1. The number of Topliss-reactive ketones (excluding diaryl/α,β-unsaturated/α-hetero) is 1. The number of hydrogen-bond donors (Lipinski definition) is 0. The first-order valence-electron chi connectivity index (χ1n) is 9.47. The topological polar surface area (TPSA) is 17.1 Å². The van der Waals surface area contributed by atoms with Gasteiger partial charge >= 0.3 is 0 Å². The number of likely N-dealkylation sites (tertiary alicyclic amines) is 1. The van der Waals surface area contributed by atoms with Crippen LogP contribution in [0.5, 0.6) is 0 Å². The molecule has 0 radical (unpaired) electrons. The Morgan fingerprint density at radius 3 is 2.22 bits per heavy atom. The van der Waals surface area contributed by atoms with Gasteiger partial charge in [0.1, 0.15) is 6.04 Å². The van der Waals surface area contributed by atoms with Crippen LogP contribution >= 0.6 is 0 Å². The summed E-state index contributed by atoms with van der Waals surface area (Å²) >= 11 is 0. The van der Waals surface area contributed by atoms with Crippen LogP contribution in [-0.2, 0) is 11.2 Å². The van der Waals surface area contributed by atoms with Crippen molar-refractivity contribution >= 4 is 5.78 Å². The van der Waals surface area contributed by atoms with E-state index in [4.69, 9.17) is 0 Å². The summed E-state index contributed by atoms with van der Waals surface area (Å²) in [6.45, 7) is 12.3. The van der Waals surface area contributed by atoms with Crippen molar-refractivity contribution in [3.8, 4) is 0 Å². The predicted molar refractivity (Wildman–Crippen MR) is 97.7 cm³/mol. The number of carbonyl (C=O) groups is 1. The third-order valence-corrected chi connectivity index (χ3v) is 5.93. The van der Waals surface area contributed by atoms with E-state index < -0.39 is 0 Å². The molecule has 0 bridgehead atoms. The number of likely N-dealkylation sites (N-methyl/N-ethyl adjacent to an activating group) is 1. The summed E-state index contributed by atoms with van der Waals surface area (Å²) in [7, 11) is 0. The number of piperidine rings is 1. The molecule has 0 aromatic heterocycles. The Kier molecular flexibility index (Phi) is 6.41. The van der Waals surface area contributed by atoms with Crippen LogP contribution in [0.1, 0.15) is 62.6 Å². The molecular weight excluding hydrogens is 282 g/mol. The fourth-order valence-electron chi connectivity index (χ4n) is 4.42. The minimum absolute atomic E-state index is 0.198. The van der Waals surface area contributed by atoms with Crippen LogP contribution in [0.4, 0.5) is 0 Å². The van der Waals surface area contributed by atoms with Crippen LogP contribution in [-0.4, -0.2) is 35.9 Å². The average molecular weight is 317 g/mol. The lowest BCUT2D eigenvalue weighted by Gasteiger charge is -2.46. The van der Waals surface area contributed by atoms with E-state index in [1.165, 1.54) is 49.0 Å². The molecule has 128 valence electrons. The number of aryl methyl sites for hydroxylation is 2. The Morgan fingerprint density at radius 2 is 1.70 bits per heavy atom. The fraction of sp³-hybridized carbons (Fsp3) is 0.667. The second-order valence-electron chi connectivity index (χ2n) is 7.36. The first kappa shape index (κ1) is 18.2. The molecule has 0 N–H and O–H groups in total. The lowest BCUT2D eigenvalue weighted by Crippen LogP contribution is -2.61. The van der Waals surface area contributed by atoms with Crippen LogP contribution in [0.2, 0.25) is 0 Å². The van der Waals surface area contributed by atoms with Gasteiger partial charge in [-0.25, -0.2) is 0 Å². The van der Waals surface area contributed by atoms with Crippen molar-refractivity contribution in [2.24, 2.45) is 0 Å². The zero-order chi connectivity index (χ0) is 16.9. The van der Waals surface area contributed by atoms with Gasteiger partial charge in [0.2, 0.25) is 0 Å². The molecule has 2 heteroatoms. The average Bonchev–Trinajstić information content (AvgIpc) is 2.56. The minimum atomic E-state index is 0.198. The van der Waals surface area contributed by atoms with E-state index in [9.17, 15) is 4.79 Å². The van der Waals surface area contributed by atoms with E-state index in [2.05, 4.69) is 45.9 Å². The Balaban J connectivity index is 2.24. The molecule has 1 unspecified atom stereocenters. The van der Waals surface area contributed by atoms with Crippen molar-refractivity contribution in [2.75, 3.05) is 19.6 Å². The number of quaternary nitrogens is 1. The zero-order valence-corrected chi connectivity index (χ0v) is 15.5. The first-order chi connectivity index (χ1) is 11.0. The highest BCUT2D eigenvalue weighted by molar-refractivity contribution is 5.85. The van der Waals surface area contributed by atoms with Gasteiger partial charge in [-0.05, 0) is 56.7 Å². The number of hydrogen-bond acceptors (Lipinski definition) is 1. The molecule has 0 spiro atoms. The van der Waals surface area contributed by atoms with Gasteiger partial charge in [0.05, 0.1) is 19.6 Å². The highest BCUT2D eigenvalue weighted by Crippen LogP contribution is 2.27. The lowest BCUT2D eigenvalue weighted by atomic mass is 9.91. The predicted octanol–water partition coefficient (Wildman–Crippen LogP) is 4.60. The van der Waals surface area contributed by atoms with Gasteiger partial charge in [0.25, 0.3) is 0 Å². The lowest BCUT2D eigenvalue weighted by molar-refractivity contribution is -0.945. The number of carbonyl (C=O) groups excluding carboxylic acids is 1.